The predicted octanol–water partition coefficient (Wildman–Crippen LogP) is 5.25. The van der Waals surface area contributed by atoms with Gasteiger partial charge in [-0.15, -0.1) is 10.2 Å². The second-order valence-electron chi connectivity index (χ2n) is 6.96. The van der Waals surface area contributed by atoms with Crippen LogP contribution in [0.3, 0.4) is 0 Å². The van der Waals surface area contributed by atoms with E-state index in [2.05, 4.69) is 20.5 Å². The van der Waals surface area contributed by atoms with Crippen LogP contribution in [-0.2, 0) is 12.4 Å². The van der Waals surface area contributed by atoms with E-state index in [1.807, 2.05) is 0 Å². The number of rotatable bonds is 4. The van der Waals surface area contributed by atoms with Gasteiger partial charge in [-0.05, 0) is 37.3 Å². The largest absolute Gasteiger partial charge is 0.417 e. The first-order chi connectivity index (χ1) is 14.1. The number of hydrogen-bond donors (Lipinski definition) is 2. The molecule has 0 atom stereocenters. The van der Waals surface area contributed by atoms with Crippen LogP contribution >= 0.6 is 0 Å². The molecule has 162 valence electrons. The Bertz CT molecular complexity index is 917. The number of alkyl halides is 6. The molecule has 30 heavy (non-hydrogen) atoms. The molecule has 1 heterocycles. The predicted molar refractivity (Wildman–Crippen MR) is 99.0 cm³/mol. The van der Waals surface area contributed by atoms with Crippen LogP contribution in [0, 0.1) is 0 Å². The van der Waals surface area contributed by atoms with Crippen LogP contribution < -0.4 is 11.1 Å². The van der Waals surface area contributed by atoms with E-state index in [1.54, 1.807) is 0 Å². The molecule has 1 aliphatic rings. The van der Waals surface area contributed by atoms with Gasteiger partial charge in [0.2, 0.25) is 5.95 Å². The topological polar surface area (TPSA) is 76.7 Å². The smallest absolute Gasteiger partial charge is 0.405 e. The standard InChI is InChI=1S/C19H19F6N5/c20-18(21,22)11-6-7-13(14(10-11)19(23,24)25)16-15(8-9-26)28-17(30-29-16)27-12-4-2-1-3-5-12/h6-10,12H,1-5,26H2,(H,27,28,30). The lowest BCUT2D eigenvalue weighted by Crippen LogP contribution is -2.24. The summed E-state index contributed by atoms with van der Waals surface area (Å²) in [4.78, 5) is 4.19. The third-order valence-electron chi connectivity index (χ3n) is 4.81. The molecule has 1 aromatic carbocycles. The summed E-state index contributed by atoms with van der Waals surface area (Å²) in [7, 11) is 0. The van der Waals surface area contributed by atoms with Gasteiger partial charge in [0, 0.05) is 11.6 Å². The van der Waals surface area contributed by atoms with Crippen LogP contribution in [0.4, 0.5) is 32.3 Å². The normalized spacial score (nSPS) is 16.2. The second kappa shape index (κ2) is 8.49. The fourth-order valence-corrected chi connectivity index (χ4v) is 3.39. The summed E-state index contributed by atoms with van der Waals surface area (Å²) < 4.78 is 79.3. The number of nitrogens with one attached hydrogen (secondary N) is 1. The van der Waals surface area contributed by atoms with Crippen molar-refractivity contribution in [3.63, 3.8) is 0 Å². The molecule has 11 heteroatoms. The zero-order chi connectivity index (χ0) is 21.9. The second-order valence-corrected chi connectivity index (χ2v) is 6.96. The summed E-state index contributed by atoms with van der Waals surface area (Å²) in [5, 5.41) is 10.8. The van der Waals surface area contributed by atoms with Gasteiger partial charge in [0.1, 0.15) is 5.69 Å². The van der Waals surface area contributed by atoms with Crippen LogP contribution in [-0.4, -0.2) is 21.2 Å². The van der Waals surface area contributed by atoms with Gasteiger partial charge in [-0.1, -0.05) is 25.3 Å². The van der Waals surface area contributed by atoms with E-state index in [-0.39, 0.29) is 29.4 Å². The van der Waals surface area contributed by atoms with E-state index in [1.165, 1.54) is 6.08 Å². The molecule has 0 spiro atoms. The van der Waals surface area contributed by atoms with E-state index < -0.39 is 29.0 Å². The Balaban J connectivity index is 2.05. The van der Waals surface area contributed by atoms with E-state index in [4.69, 9.17) is 5.73 Å². The molecule has 1 aliphatic carbocycles. The van der Waals surface area contributed by atoms with Crippen molar-refractivity contribution in [2.75, 3.05) is 5.32 Å². The summed E-state index contributed by atoms with van der Waals surface area (Å²) in [5.74, 6) is 0.124. The summed E-state index contributed by atoms with van der Waals surface area (Å²) in [6.07, 6.45) is -2.64. The van der Waals surface area contributed by atoms with E-state index in [0.29, 0.717) is 6.07 Å². The van der Waals surface area contributed by atoms with Gasteiger partial charge in [0.25, 0.3) is 0 Å². The zero-order valence-electron chi connectivity index (χ0n) is 15.7. The molecule has 0 unspecified atom stereocenters. The SMILES string of the molecule is NC=Cc1nc(NC2CCCCC2)nnc1-c1ccc(C(F)(F)F)cc1C(F)(F)F. The first-order valence-electron chi connectivity index (χ1n) is 9.28. The number of benzene rings is 1. The molecular formula is C19H19F6N5. The summed E-state index contributed by atoms with van der Waals surface area (Å²) in [6, 6.07) is 1.47. The van der Waals surface area contributed by atoms with Crippen LogP contribution in [0.25, 0.3) is 17.3 Å². The third kappa shape index (κ3) is 5.00. The van der Waals surface area contributed by atoms with Crippen molar-refractivity contribution in [2.24, 2.45) is 5.73 Å². The van der Waals surface area contributed by atoms with Crippen molar-refractivity contribution in [3.05, 3.63) is 41.2 Å². The van der Waals surface area contributed by atoms with Gasteiger partial charge in [0.15, 0.2) is 0 Å². The van der Waals surface area contributed by atoms with Gasteiger partial charge in [-0.2, -0.15) is 26.3 Å². The van der Waals surface area contributed by atoms with E-state index in [9.17, 15) is 26.3 Å². The fraction of sp³-hybridized carbons (Fsp3) is 0.421. The lowest BCUT2D eigenvalue weighted by Gasteiger charge is -2.22. The number of halogens is 6. The number of nitrogens with two attached hydrogens (primary N) is 1. The molecule has 1 fully saturated rings. The Labute approximate surface area is 168 Å². The van der Waals surface area contributed by atoms with Crippen molar-refractivity contribution in [2.45, 2.75) is 50.5 Å². The minimum Gasteiger partial charge on any atom is -0.405 e. The molecule has 0 bridgehead atoms. The quantitative estimate of drug-likeness (QED) is 0.647. The summed E-state index contributed by atoms with van der Waals surface area (Å²) in [6.45, 7) is 0. The van der Waals surface area contributed by atoms with Crippen LogP contribution in [0.1, 0.15) is 48.9 Å². The summed E-state index contributed by atoms with van der Waals surface area (Å²) >= 11 is 0. The average molecular weight is 431 g/mol. The monoisotopic (exact) mass is 431 g/mol. The first-order valence-corrected chi connectivity index (χ1v) is 9.28. The maximum atomic E-state index is 13.5. The number of hydrogen-bond acceptors (Lipinski definition) is 5. The molecule has 0 amide bonds. The molecule has 5 nitrogen and oxygen atoms in total. The number of nitrogens with zero attached hydrogens (tertiary/aromatic N) is 3. The van der Waals surface area contributed by atoms with Gasteiger partial charge >= 0.3 is 12.4 Å². The van der Waals surface area contributed by atoms with Crippen LogP contribution in [0.5, 0.6) is 0 Å². The van der Waals surface area contributed by atoms with Gasteiger partial charge in [-0.3, -0.25) is 0 Å². The molecule has 3 rings (SSSR count). The van der Waals surface area contributed by atoms with Crippen molar-refractivity contribution >= 4 is 12.0 Å². The highest BCUT2D eigenvalue weighted by Crippen LogP contribution is 2.41. The molecule has 0 radical (unpaired) electrons. The van der Waals surface area contributed by atoms with Crippen LogP contribution in [0.15, 0.2) is 24.4 Å². The van der Waals surface area contributed by atoms with Gasteiger partial charge < -0.3 is 11.1 Å². The molecule has 0 saturated heterocycles. The third-order valence-corrected chi connectivity index (χ3v) is 4.81. The van der Waals surface area contributed by atoms with Crippen LogP contribution in [0.2, 0.25) is 0 Å². The molecule has 0 aliphatic heterocycles. The Morgan fingerprint density at radius 3 is 2.27 bits per heavy atom. The van der Waals surface area contributed by atoms with Crippen molar-refractivity contribution in [1.29, 1.82) is 0 Å². The Morgan fingerprint density at radius 2 is 1.67 bits per heavy atom. The first kappa shape index (κ1) is 21.8. The molecule has 3 N–H and O–H groups in total. The van der Waals surface area contributed by atoms with E-state index >= 15 is 0 Å². The van der Waals surface area contributed by atoms with E-state index in [0.717, 1.165) is 44.4 Å². The average Bonchev–Trinajstić information content (AvgIpc) is 2.67. The van der Waals surface area contributed by atoms with Crippen molar-refractivity contribution in [3.8, 4) is 11.3 Å². The van der Waals surface area contributed by atoms with Crippen molar-refractivity contribution in [1.82, 2.24) is 15.2 Å². The molecule has 1 aromatic heterocycles. The maximum absolute atomic E-state index is 13.5. The Kier molecular flexibility index (Phi) is 6.18. The molecular weight excluding hydrogens is 412 g/mol. The molecule has 1 saturated carbocycles. The highest BCUT2D eigenvalue weighted by molar-refractivity contribution is 5.73. The highest BCUT2D eigenvalue weighted by Gasteiger charge is 2.39. The maximum Gasteiger partial charge on any atom is 0.417 e. The number of anilines is 1. The zero-order valence-corrected chi connectivity index (χ0v) is 15.7. The number of aromatic nitrogens is 3. The minimum absolute atomic E-state index is 0.0314. The fourth-order valence-electron chi connectivity index (χ4n) is 3.39. The lowest BCUT2D eigenvalue weighted by atomic mass is 9.96. The Hall–Kier alpha value is -2.85. The lowest BCUT2D eigenvalue weighted by molar-refractivity contribution is -0.142. The van der Waals surface area contributed by atoms with Gasteiger partial charge in [0.05, 0.1) is 16.8 Å². The molecule has 2 aromatic rings. The van der Waals surface area contributed by atoms with Crippen molar-refractivity contribution < 1.29 is 26.3 Å². The van der Waals surface area contributed by atoms with Gasteiger partial charge in [-0.25, -0.2) is 4.98 Å². The highest BCUT2D eigenvalue weighted by atomic mass is 19.4. The summed E-state index contributed by atoms with van der Waals surface area (Å²) in [5.41, 5.74) is 1.59. The minimum atomic E-state index is -5.04. The Morgan fingerprint density at radius 1 is 0.967 bits per heavy atom.